The number of sulfonamides is 1. The van der Waals surface area contributed by atoms with Gasteiger partial charge in [-0.25, -0.2) is 13.4 Å². The molecule has 8 heteroatoms. The van der Waals surface area contributed by atoms with Crippen LogP contribution in [0.3, 0.4) is 0 Å². The zero-order chi connectivity index (χ0) is 19.1. The first-order chi connectivity index (χ1) is 13.6. The molecule has 2 aromatic heterocycles. The lowest BCUT2D eigenvalue weighted by molar-refractivity contribution is 0.602. The van der Waals surface area contributed by atoms with Crippen molar-refractivity contribution in [1.29, 1.82) is 0 Å². The van der Waals surface area contributed by atoms with Gasteiger partial charge in [-0.3, -0.25) is 9.71 Å². The van der Waals surface area contributed by atoms with Gasteiger partial charge in [0.05, 0.1) is 11.2 Å². The number of hydrogen-bond donors (Lipinski definition) is 1. The van der Waals surface area contributed by atoms with Crippen LogP contribution in [0.15, 0.2) is 77.0 Å². The molecule has 2 aromatic carbocycles. The number of benzene rings is 2. The summed E-state index contributed by atoms with van der Waals surface area (Å²) in [5, 5.41) is 1.81. The van der Waals surface area contributed by atoms with Crippen LogP contribution in [0.4, 0.5) is 5.69 Å². The van der Waals surface area contributed by atoms with Crippen LogP contribution in [0, 0.1) is 0 Å². The highest BCUT2D eigenvalue weighted by molar-refractivity contribution is 7.99. The van der Waals surface area contributed by atoms with Crippen molar-refractivity contribution >= 4 is 38.4 Å². The maximum Gasteiger partial charge on any atom is 0.264 e. The Balaban J connectivity index is 1.43. The summed E-state index contributed by atoms with van der Waals surface area (Å²) < 4.78 is 30.6. The minimum Gasteiger partial charge on any atom is -0.325 e. The van der Waals surface area contributed by atoms with E-state index in [2.05, 4.69) is 19.3 Å². The fraction of sp³-hybridized carbons (Fsp3) is 0.100. The maximum absolute atomic E-state index is 12.9. The Hall–Kier alpha value is -2.84. The molecule has 0 saturated heterocycles. The summed E-state index contributed by atoms with van der Waals surface area (Å²) in [5.41, 5.74) is 2.81. The molecule has 0 spiro atoms. The van der Waals surface area contributed by atoms with Gasteiger partial charge in [0, 0.05) is 41.3 Å². The monoisotopic (exact) mass is 408 g/mol. The van der Waals surface area contributed by atoms with Crippen LogP contribution in [0.25, 0.3) is 22.2 Å². The SMILES string of the molecule is O=S(=O)(Nc1ccc(-c2cn3c(n2)SCC3)cc1)c1cccc2cccnc12. The largest absolute Gasteiger partial charge is 0.325 e. The van der Waals surface area contributed by atoms with E-state index in [-0.39, 0.29) is 4.90 Å². The molecule has 0 aliphatic carbocycles. The van der Waals surface area contributed by atoms with Gasteiger partial charge in [-0.05, 0) is 24.3 Å². The van der Waals surface area contributed by atoms with Crippen LogP contribution < -0.4 is 4.72 Å². The topological polar surface area (TPSA) is 76.9 Å². The molecule has 0 radical (unpaired) electrons. The third-order valence-corrected chi connectivity index (χ3v) is 7.00. The fourth-order valence-corrected chi connectivity index (χ4v) is 5.44. The molecule has 6 nitrogen and oxygen atoms in total. The Morgan fingerprint density at radius 1 is 1.04 bits per heavy atom. The highest BCUT2D eigenvalue weighted by Crippen LogP contribution is 2.30. The molecule has 1 aliphatic heterocycles. The van der Waals surface area contributed by atoms with Crippen molar-refractivity contribution < 1.29 is 8.42 Å². The molecule has 3 heterocycles. The van der Waals surface area contributed by atoms with E-state index in [0.29, 0.717) is 11.2 Å². The first-order valence-electron chi connectivity index (χ1n) is 8.77. The maximum atomic E-state index is 12.9. The molecular formula is C20H16N4O2S2. The van der Waals surface area contributed by atoms with Gasteiger partial charge in [0.15, 0.2) is 5.16 Å². The number of rotatable bonds is 4. The summed E-state index contributed by atoms with van der Waals surface area (Å²) in [5.74, 6) is 1.06. The Morgan fingerprint density at radius 3 is 2.68 bits per heavy atom. The van der Waals surface area contributed by atoms with Gasteiger partial charge in [-0.1, -0.05) is 42.1 Å². The molecule has 1 aliphatic rings. The van der Waals surface area contributed by atoms with E-state index < -0.39 is 10.0 Å². The summed E-state index contributed by atoms with van der Waals surface area (Å²) in [6.45, 7) is 0.976. The van der Waals surface area contributed by atoms with Gasteiger partial charge in [0.2, 0.25) is 0 Å². The van der Waals surface area contributed by atoms with E-state index >= 15 is 0 Å². The van der Waals surface area contributed by atoms with E-state index in [4.69, 9.17) is 0 Å². The second kappa shape index (κ2) is 6.65. The van der Waals surface area contributed by atoms with E-state index in [1.165, 1.54) is 0 Å². The predicted octanol–water partition coefficient (Wildman–Crippen LogP) is 4.00. The number of anilines is 1. The van der Waals surface area contributed by atoms with Gasteiger partial charge >= 0.3 is 0 Å². The van der Waals surface area contributed by atoms with Gasteiger partial charge in [-0.2, -0.15) is 0 Å². The number of fused-ring (bicyclic) bond motifs is 2. The lowest BCUT2D eigenvalue weighted by atomic mass is 10.1. The van der Waals surface area contributed by atoms with Crippen molar-refractivity contribution in [3.63, 3.8) is 0 Å². The molecule has 0 bridgehead atoms. The Morgan fingerprint density at radius 2 is 1.86 bits per heavy atom. The molecule has 0 unspecified atom stereocenters. The van der Waals surface area contributed by atoms with Gasteiger partial charge in [0.25, 0.3) is 10.0 Å². The number of nitrogens with one attached hydrogen (secondary N) is 1. The Labute approximate surface area is 166 Å². The minimum atomic E-state index is -3.75. The highest BCUT2D eigenvalue weighted by Gasteiger charge is 2.19. The van der Waals surface area contributed by atoms with Crippen molar-refractivity contribution in [2.45, 2.75) is 16.6 Å². The molecule has 0 amide bonds. The minimum absolute atomic E-state index is 0.164. The zero-order valence-corrected chi connectivity index (χ0v) is 16.4. The van der Waals surface area contributed by atoms with Crippen LogP contribution in [-0.2, 0) is 16.6 Å². The second-order valence-corrected chi connectivity index (χ2v) is 9.18. The van der Waals surface area contributed by atoms with Crippen molar-refractivity contribution in [2.24, 2.45) is 0 Å². The normalized spacial score (nSPS) is 13.6. The molecule has 4 aromatic rings. The van der Waals surface area contributed by atoms with E-state index in [1.807, 2.05) is 30.5 Å². The third-order valence-electron chi connectivity index (χ3n) is 4.62. The van der Waals surface area contributed by atoms with Gasteiger partial charge in [0.1, 0.15) is 4.90 Å². The first-order valence-corrected chi connectivity index (χ1v) is 11.2. The number of hydrogen-bond acceptors (Lipinski definition) is 5. The summed E-state index contributed by atoms with van der Waals surface area (Å²) in [7, 11) is -3.75. The van der Waals surface area contributed by atoms with Crippen molar-refractivity contribution in [3.05, 3.63) is 67.0 Å². The molecule has 28 heavy (non-hydrogen) atoms. The zero-order valence-electron chi connectivity index (χ0n) is 14.7. The Bertz CT molecular complexity index is 1250. The number of imidazole rings is 1. The predicted molar refractivity (Wildman–Crippen MR) is 111 cm³/mol. The number of thioether (sulfide) groups is 1. The van der Waals surface area contributed by atoms with E-state index in [0.717, 1.165) is 34.1 Å². The summed E-state index contributed by atoms with van der Waals surface area (Å²) in [6.07, 6.45) is 3.63. The number of para-hydroxylation sites is 1. The molecule has 5 rings (SSSR count). The van der Waals surface area contributed by atoms with E-state index in [1.54, 1.807) is 48.3 Å². The van der Waals surface area contributed by atoms with Crippen molar-refractivity contribution in [3.8, 4) is 11.3 Å². The number of pyridine rings is 1. The summed E-state index contributed by atoms with van der Waals surface area (Å²) in [4.78, 5) is 9.03. The van der Waals surface area contributed by atoms with Gasteiger partial charge < -0.3 is 4.57 Å². The van der Waals surface area contributed by atoms with Crippen LogP contribution in [-0.4, -0.2) is 28.7 Å². The van der Waals surface area contributed by atoms with Gasteiger partial charge in [-0.15, -0.1) is 0 Å². The smallest absolute Gasteiger partial charge is 0.264 e. The molecule has 0 saturated carbocycles. The molecule has 0 fully saturated rings. The lowest BCUT2D eigenvalue weighted by Gasteiger charge is -2.10. The third kappa shape index (κ3) is 3.04. The standard InChI is InChI=1S/C20H16N4O2S2/c25-28(26,18-5-1-3-15-4-2-10-21-19(15)18)23-16-8-6-14(7-9-16)17-13-24-11-12-27-20(24)22-17/h1-10,13,23H,11-12H2. The molecular weight excluding hydrogens is 392 g/mol. The number of nitrogens with zero attached hydrogens (tertiary/aromatic N) is 3. The summed E-state index contributed by atoms with van der Waals surface area (Å²) >= 11 is 1.75. The average Bonchev–Trinajstić information content (AvgIpc) is 3.30. The van der Waals surface area contributed by atoms with Crippen molar-refractivity contribution in [2.75, 3.05) is 10.5 Å². The van der Waals surface area contributed by atoms with Crippen LogP contribution >= 0.6 is 11.8 Å². The first kappa shape index (κ1) is 17.3. The summed E-state index contributed by atoms with van der Waals surface area (Å²) in [6, 6.07) is 16.0. The molecule has 1 N–H and O–H groups in total. The van der Waals surface area contributed by atoms with Crippen LogP contribution in [0.5, 0.6) is 0 Å². The van der Waals surface area contributed by atoms with Crippen LogP contribution in [0.2, 0.25) is 0 Å². The fourth-order valence-electron chi connectivity index (χ4n) is 3.26. The molecule has 140 valence electrons. The van der Waals surface area contributed by atoms with E-state index in [9.17, 15) is 8.42 Å². The molecule has 0 atom stereocenters. The Kier molecular flexibility index (Phi) is 4.10. The average molecular weight is 409 g/mol. The number of aromatic nitrogens is 3. The quantitative estimate of drug-likeness (QED) is 0.552. The number of aryl methyl sites for hydroxylation is 1. The van der Waals surface area contributed by atoms with Crippen molar-refractivity contribution in [1.82, 2.24) is 14.5 Å². The highest BCUT2D eigenvalue weighted by atomic mass is 32.2. The lowest BCUT2D eigenvalue weighted by Crippen LogP contribution is -2.13. The van der Waals surface area contributed by atoms with Crippen LogP contribution in [0.1, 0.15) is 0 Å². The second-order valence-electron chi connectivity index (χ2n) is 6.46.